The van der Waals surface area contributed by atoms with E-state index in [0.717, 1.165) is 21.8 Å². The monoisotopic (exact) mass is 227 g/mol. The van der Waals surface area contributed by atoms with Gasteiger partial charge in [0.25, 0.3) is 0 Å². The maximum absolute atomic E-state index is 5.94. The van der Waals surface area contributed by atoms with Gasteiger partial charge < -0.3 is 27.9 Å². The Hall–Kier alpha value is -2.56. The van der Waals surface area contributed by atoms with Crippen LogP contribution < -0.4 is 22.9 Å². The van der Waals surface area contributed by atoms with Crippen LogP contribution in [-0.4, -0.2) is 4.98 Å². The molecular formula is C12H13N5. The number of nitrogen functional groups attached to an aromatic ring is 4. The molecular weight excluding hydrogens is 214 g/mol. The van der Waals surface area contributed by atoms with Crippen LogP contribution in [0.15, 0.2) is 24.3 Å². The fourth-order valence-corrected chi connectivity index (χ4v) is 2.11. The Labute approximate surface area is 97.4 Å². The Morgan fingerprint density at radius 1 is 0.647 bits per heavy atom. The number of anilines is 4. The Kier molecular flexibility index (Phi) is 1.69. The van der Waals surface area contributed by atoms with Crippen LogP contribution >= 0.6 is 0 Å². The summed E-state index contributed by atoms with van der Waals surface area (Å²) in [7, 11) is 0. The molecule has 0 aliphatic heterocycles. The van der Waals surface area contributed by atoms with Crippen molar-refractivity contribution < 1.29 is 0 Å². The first-order valence-corrected chi connectivity index (χ1v) is 5.23. The first-order valence-electron chi connectivity index (χ1n) is 5.23. The fraction of sp³-hybridized carbons (Fsp3) is 0. The predicted octanol–water partition coefficient (Wildman–Crippen LogP) is 1.65. The van der Waals surface area contributed by atoms with Crippen molar-refractivity contribution in [2.75, 3.05) is 22.9 Å². The van der Waals surface area contributed by atoms with Crippen LogP contribution in [-0.2, 0) is 0 Å². The second kappa shape index (κ2) is 2.98. The molecule has 5 heteroatoms. The van der Waals surface area contributed by atoms with Gasteiger partial charge in [-0.1, -0.05) is 12.1 Å². The number of fused-ring (bicyclic) bond motifs is 3. The molecule has 3 aromatic rings. The lowest BCUT2D eigenvalue weighted by molar-refractivity contribution is 1.54. The van der Waals surface area contributed by atoms with Gasteiger partial charge in [0, 0.05) is 10.8 Å². The predicted molar refractivity (Wildman–Crippen MR) is 73.5 cm³/mol. The zero-order valence-corrected chi connectivity index (χ0v) is 9.12. The molecule has 0 aliphatic carbocycles. The highest BCUT2D eigenvalue weighted by Crippen LogP contribution is 2.36. The SMILES string of the molecule is Nc1ccc2c([nH]c3c(N)c(N)ccc32)c1N. The Morgan fingerprint density at radius 3 is 1.47 bits per heavy atom. The molecule has 0 bridgehead atoms. The fourth-order valence-electron chi connectivity index (χ4n) is 2.11. The molecule has 0 unspecified atom stereocenters. The van der Waals surface area contributed by atoms with Crippen molar-refractivity contribution in [2.45, 2.75) is 0 Å². The van der Waals surface area contributed by atoms with E-state index in [4.69, 9.17) is 22.9 Å². The third-order valence-electron chi connectivity index (χ3n) is 3.10. The van der Waals surface area contributed by atoms with E-state index in [1.165, 1.54) is 0 Å². The zero-order valence-electron chi connectivity index (χ0n) is 9.12. The number of hydrogen-bond donors (Lipinski definition) is 5. The summed E-state index contributed by atoms with van der Waals surface area (Å²) in [5.41, 5.74) is 27.2. The minimum absolute atomic E-state index is 0.539. The van der Waals surface area contributed by atoms with Crippen molar-refractivity contribution in [1.29, 1.82) is 0 Å². The van der Waals surface area contributed by atoms with Crippen LogP contribution in [0.4, 0.5) is 22.7 Å². The molecule has 0 atom stereocenters. The van der Waals surface area contributed by atoms with Gasteiger partial charge in [0.05, 0.1) is 33.8 Å². The molecule has 1 aromatic heterocycles. The molecule has 3 rings (SSSR count). The number of benzene rings is 2. The number of nitrogens with two attached hydrogens (primary N) is 4. The molecule has 0 radical (unpaired) electrons. The van der Waals surface area contributed by atoms with Gasteiger partial charge in [0.2, 0.25) is 0 Å². The van der Waals surface area contributed by atoms with E-state index in [9.17, 15) is 0 Å². The van der Waals surface area contributed by atoms with E-state index in [2.05, 4.69) is 4.98 Å². The van der Waals surface area contributed by atoms with Crippen molar-refractivity contribution in [3.63, 3.8) is 0 Å². The van der Waals surface area contributed by atoms with E-state index in [0.29, 0.717) is 22.7 Å². The number of nitrogens with one attached hydrogen (secondary N) is 1. The molecule has 9 N–H and O–H groups in total. The molecule has 0 spiro atoms. The van der Waals surface area contributed by atoms with Crippen LogP contribution in [0.2, 0.25) is 0 Å². The lowest BCUT2D eigenvalue weighted by Gasteiger charge is -2.00. The molecule has 5 nitrogen and oxygen atoms in total. The summed E-state index contributed by atoms with van der Waals surface area (Å²) in [6, 6.07) is 7.43. The second-order valence-corrected chi connectivity index (χ2v) is 4.11. The molecule has 86 valence electrons. The van der Waals surface area contributed by atoms with Crippen LogP contribution in [0, 0.1) is 0 Å². The van der Waals surface area contributed by atoms with Crippen LogP contribution in [0.3, 0.4) is 0 Å². The number of rotatable bonds is 0. The van der Waals surface area contributed by atoms with E-state index >= 15 is 0 Å². The number of hydrogen-bond acceptors (Lipinski definition) is 4. The molecule has 0 fully saturated rings. The molecule has 0 saturated carbocycles. The highest BCUT2D eigenvalue weighted by atomic mass is 14.8. The number of aromatic nitrogens is 1. The summed E-state index contributed by atoms with van der Waals surface area (Å²) < 4.78 is 0. The standard InChI is InChI=1S/C12H13N5/c13-7-3-1-5-6-2-4-8(14)10(16)12(6)17-11(5)9(7)15/h1-4,17H,13-16H2. The largest absolute Gasteiger partial charge is 0.397 e. The second-order valence-electron chi connectivity index (χ2n) is 4.11. The number of H-pyrrole nitrogens is 1. The smallest absolute Gasteiger partial charge is 0.0793 e. The van der Waals surface area contributed by atoms with Gasteiger partial charge in [0.1, 0.15) is 0 Å². The van der Waals surface area contributed by atoms with Gasteiger partial charge >= 0.3 is 0 Å². The molecule has 17 heavy (non-hydrogen) atoms. The highest BCUT2D eigenvalue weighted by Gasteiger charge is 2.11. The van der Waals surface area contributed by atoms with Gasteiger partial charge in [-0.05, 0) is 12.1 Å². The molecule has 0 aliphatic rings. The van der Waals surface area contributed by atoms with Gasteiger partial charge in [-0.3, -0.25) is 0 Å². The van der Waals surface area contributed by atoms with E-state index in [1.807, 2.05) is 12.1 Å². The number of aromatic amines is 1. The van der Waals surface area contributed by atoms with Crippen LogP contribution in [0.25, 0.3) is 21.8 Å². The molecule has 1 heterocycles. The van der Waals surface area contributed by atoms with E-state index in [-0.39, 0.29) is 0 Å². The lowest BCUT2D eigenvalue weighted by Crippen LogP contribution is -1.95. The zero-order chi connectivity index (χ0) is 12.2. The average Bonchev–Trinajstić information content (AvgIpc) is 2.69. The van der Waals surface area contributed by atoms with Gasteiger partial charge in [0.15, 0.2) is 0 Å². The molecule has 0 amide bonds. The normalized spacial score (nSPS) is 11.3. The highest BCUT2D eigenvalue weighted by molar-refractivity contribution is 6.16. The third kappa shape index (κ3) is 1.13. The Morgan fingerprint density at radius 2 is 1.06 bits per heavy atom. The summed E-state index contributed by atoms with van der Waals surface area (Å²) in [6.07, 6.45) is 0. The van der Waals surface area contributed by atoms with Gasteiger partial charge in [-0.15, -0.1) is 0 Å². The lowest BCUT2D eigenvalue weighted by atomic mass is 10.1. The van der Waals surface area contributed by atoms with Crippen molar-refractivity contribution in [2.24, 2.45) is 0 Å². The first kappa shape index (κ1) is 9.65. The van der Waals surface area contributed by atoms with E-state index in [1.54, 1.807) is 12.1 Å². The van der Waals surface area contributed by atoms with Gasteiger partial charge in [-0.25, -0.2) is 0 Å². The van der Waals surface area contributed by atoms with Crippen molar-refractivity contribution in [3.8, 4) is 0 Å². The summed E-state index contributed by atoms with van der Waals surface area (Å²) in [5.74, 6) is 0. The van der Waals surface area contributed by atoms with Crippen molar-refractivity contribution in [3.05, 3.63) is 24.3 Å². The first-order chi connectivity index (χ1) is 8.09. The minimum Gasteiger partial charge on any atom is -0.397 e. The summed E-state index contributed by atoms with van der Waals surface area (Å²) in [4.78, 5) is 3.19. The van der Waals surface area contributed by atoms with Crippen LogP contribution in [0.5, 0.6) is 0 Å². The van der Waals surface area contributed by atoms with E-state index < -0.39 is 0 Å². The quantitative estimate of drug-likeness (QED) is 0.375. The summed E-state index contributed by atoms with van der Waals surface area (Å²) >= 11 is 0. The topological polar surface area (TPSA) is 120 Å². The summed E-state index contributed by atoms with van der Waals surface area (Å²) in [6.45, 7) is 0. The van der Waals surface area contributed by atoms with Crippen molar-refractivity contribution in [1.82, 2.24) is 4.98 Å². The molecule has 2 aromatic carbocycles. The maximum Gasteiger partial charge on any atom is 0.0793 e. The molecule has 0 saturated heterocycles. The Bertz CT molecular complexity index is 679. The summed E-state index contributed by atoms with van der Waals surface area (Å²) in [5, 5.41) is 2.00. The average molecular weight is 227 g/mol. The third-order valence-corrected chi connectivity index (χ3v) is 3.10. The maximum atomic E-state index is 5.94. The van der Waals surface area contributed by atoms with Gasteiger partial charge in [-0.2, -0.15) is 0 Å². The minimum atomic E-state index is 0.539. The Balaban J connectivity index is 2.58. The van der Waals surface area contributed by atoms with Crippen molar-refractivity contribution >= 4 is 44.6 Å². The van der Waals surface area contributed by atoms with Crippen LogP contribution in [0.1, 0.15) is 0 Å².